The first-order chi connectivity index (χ1) is 10.9. The van der Waals surface area contributed by atoms with Gasteiger partial charge in [-0.25, -0.2) is 9.18 Å². The van der Waals surface area contributed by atoms with Crippen LogP contribution in [0.1, 0.15) is 11.1 Å². The summed E-state index contributed by atoms with van der Waals surface area (Å²) in [4.78, 5) is 22.9. The molecular weight excluding hydrogens is 389 g/mol. The molecule has 0 bridgehead atoms. The SMILES string of the molecule is COC(=O)/C=C1/S/C(=N\N=Cc2cc(C)c(F)cc2Br)NC1=O. The molecule has 1 aliphatic rings. The highest BCUT2D eigenvalue weighted by Gasteiger charge is 2.24. The van der Waals surface area contributed by atoms with Crippen molar-refractivity contribution in [2.45, 2.75) is 6.92 Å². The lowest BCUT2D eigenvalue weighted by Crippen LogP contribution is -2.19. The fourth-order valence-electron chi connectivity index (χ4n) is 1.56. The molecule has 0 aliphatic carbocycles. The van der Waals surface area contributed by atoms with Crippen LogP contribution in [0.25, 0.3) is 0 Å². The fraction of sp³-hybridized carbons (Fsp3) is 0.143. The largest absolute Gasteiger partial charge is 0.466 e. The maximum Gasteiger partial charge on any atom is 0.331 e. The third-order valence-electron chi connectivity index (χ3n) is 2.72. The number of amides is 1. The molecule has 0 saturated carbocycles. The van der Waals surface area contributed by atoms with E-state index >= 15 is 0 Å². The van der Waals surface area contributed by atoms with Crippen LogP contribution in [-0.2, 0) is 14.3 Å². The second kappa shape index (κ2) is 7.51. The molecule has 1 N–H and O–H groups in total. The summed E-state index contributed by atoms with van der Waals surface area (Å²) < 4.78 is 18.3. The quantitative estimate of drug-likeness (QED) is 0.366. The first-order valence-corrected chi connectivity index (χ1v) is 7.87. The average Bonchev–Trinajstić information content (AvgIpc) is 2.84. The first-order valence-electron chi connectivity index (χ1n) is 6.26. The van der Waals surface area contributed by atoms with Crippen molar-refractivity contribution < 1.29 is 18.7 Å². The van der Waals surface area contributed by atoms with E-state index in [0.29, 0.717) is 15.6 Å². The van der Waals surface area contributed by atoms with Gasteiger partial charge in [0, 0.05) is 16.1 Å². The number of hydrogen-bond acceptors (Lipinski definition) is 6. The molecule has 0 aromatic heterocycles. The van der Waals surface area contributed by atoms with Gasteiger partial charge < -0.3 is 4.74 Å². The molecule has 1 amide bonds. The van der Waals surface area contributed by atoms with Gasteiger partial charge in [-0.2, -0.15) is 5.10 Å². The Bertz CT molecular complexity index is 762. The van der Waals surface area contributed by atoms with Crippen LogP contribution in [0.2, 0.25) is 0 Å². The molecular formula is C14H11BrFN3O3S. The number of thioether (sulfide) groups is 1. The van der Waals surface area contributed by atoms with Crippen LogP contribution in [0.5, 0.6) is 0 Å². The van der Waals surface area contributed by atoms with Crippen molar-refractivity contribution in [1.82, 2.24) is 5.32 Å². The smallest absolute Gasteiger partial charge is 0.331 e. The number of benzene rings is 1. The molecule has 0 atom stereocenters. The monoisotopic (exact) mass is 399 g/mol. The first kappa shape index (κ1) is 17.4. The molecule has 1 fully saturated rings. The lowest BCUT2D eigenvalue weighted by molar-refractivity contribution is -0.135. The third kappa shape index (κ3) is 4.49. The van der Waals surface area contributed by atoms with Gasteiger partial charge in [0.15, 0.2) is 5.17 Å². The van der Waals surface area contributed by atoms with E-state index in [0.717, 1.165) is 17.8 Å². The van der Waals surface area contributed by atoms with Gasteiger partial charge in [0.25, 0.3) is 5.91 Å². The summed E-state index contributed by atoms with van der Waals surface area (Å²) in [6.07, 6.45) is 2.50. The molecule has 0 unspecified atom stereocenters. The highest BCUT2D eigenvalue weighted by Crippen LogP contribution is 2.23. The minimum absolute atomic E-state index is 0.171. The van der Waals surface area contributed by atoms with E-state index in [9.17, 15) is 14.0 Å². The molecule has 1 aliphatic heterocycles. The van der Waals surface area contributed by atoms with Gasteiger partial charge in [0.05, 0.1) is 18.2 Å². The van der Waals surface area contributed by atoms with Gasteiger partial charge in [-0.15, -0.1) is 5.10 Å². The average molecular weight is 400 g/mol. The lowest BCUT2D eigenvalue weighted by atomic mass is 10.1. The maximum absolute atomic E-state index is 13.4. The number of hydrogen-bond donors (Lipinski definition) is 1. The van der Waals surface area contributed by atoms with Crippen LogP contribution in [0, 0.1) is 12.7 Å². The van der Waals surface area contributed by atoms with Crippen molar-refractivity contribution in [3.05, 3.63) is 44.5 Å². The van der Waals surface area contributed by atoms with E-state index in [4.69, 9.17) is 0 Å². The molecule has 1 aromatic rings. The Morgan fingerprint density at radius 1 is 1.48 bits per heavy atom. The van der Waals surface area contributed by atoms with Gasteiger partial charge >= 0.3 is 5.97 Å². The maximum atomic E-state index is 13.4. The summed E-state index contributed by atoms with van der Waals surface area (Å²) >= 11 is 4.21. The van der Waals surface area contributed by atoms with Gasteiger partial charge in [-0.05, 0) is 36.4 Å². The number of nitrogens with one attached hydrogen (secondary N) is 1. The number of halogens is 2. The number of ether oxygens (including phenoxy) is 1. The molecule has 1 saturated heterocycles. The van der Waals surface area contributed by atoms with E-state index in [2.05, 4.69) is 36.2 Å². The van der Waals surface area contributed by atoms with E-state index in [-0.39, 0.29) is 15.9 Å². The number of nitrogens with zero attached hydrogens (tertiary/aromatic N) is 2. The van der Waals surface area contributed by atoms with Gasteiger partial charge in [-0.3, -0.25) is 10.1 Å². The third-order valence-corrected chi connectivity index (χ3v) is 4.31. The Morgan fingerprint density at radius 3 is 2.91 bits per heavy atom. The highest BCUT2D eigenvalue weighted by molar-refractivity contribution is 9.10. The van der Waals surface area contributed by atoms with Crippen molar-refractivity contribution in [3.8, 4) is 0 Å². The normalized spacial score (nSPS) is 18.0. The summed E-state index contributed by atoms with van der Waals surface area (Å²) in [6.45, 7) is 1.64. The summed E-state index contributed by atoms with van der Waals surface area (Å²) in [5.41, 5.74) is 1.13. The van der Waals surface area contributed by atoms with Crippen molar-refractivity contribution in [3.63, 3.8) is 0 Å². The van der Waals surface area contributed by atoms with Crippen molar-refractivity contribution in [2.75, 3.05) is 7.11 Å². The zero-order valence-electron chi connectivity index (χ0n) is 12.1. The molecule has 1 heterocycles. The Balaban J connectivity index is 2.13. The number of amidine groups is 1. The van der Waals surface area contributed by atoms with Crippen molar-refractivity contribution in [1.29, 1.82) is 0 Å². The van der Waals surface area contributed by atoms with Crippen molar-refractivity contribution in [2.24, 2.45) is 10.2 Å². The summed E-state index contributed by atoms with van der Waals surface area (Å²) in [5.74, 6) is -1.40. The predicted molar refractivity (Wildman–Crippen MR) is 89.7 cm³/mol. The number of carbonyl (C=O) groups excluding carboxylic acids is 2. The minimum Gasteiger partial charge on any atom is -0.466 e. The molecule has 0 radical (unpaired) electrons. The fourth-order valence-corrected chi connectivity index (χ4v) is 2.72. The molecule has 2 rings (SSSR count). The van der Waals surface area contributed by atoms with Gasteiger partial charge in [0.1, 0.15) is 5.82 Å². The number of aryl methyl sites for hydroxylation is 1. The summed E-state index contributed by atoms with van der Waals surface area (Å²) in [5, 5.41) is 10.4. The predicted octanol–water partition coefficient (Wildman–Crippen LogP) is 2.51. The number of esters is 1. The van der Waals surface area contributed by atoms with Crippen LogP contribution in [0.15, 0.2) is 37.8 Å². The summed E-state index contributed by atoms with van der Waals surface area (Å²) in [6, 6.07) is 2.96. The van der Waals surface area contributed by atoms with Crippen LogP contribution in [-0.4, -0.2) is 30.4 Å². The second-order valence-electron chi connectivity index (χ2n) is 4.36. The summed E-state index contributed by atoms with van der Waals surface area (Å²) in [7, 11) is 1.22. The second-order valence-corrected chi connectivity index (χ2v) is 6.25. The van der Waals surface area contributed by atoms with E-state index in [1.165, 1.54) is 19.4 Å². The van der Waals surface area contributed by atoms with E-state index in [1.807, 2.05) is 0 Å². The van der Waals surface area contributed by atoms with E-state index < -0.39 is 11.9 Å². The molecule has 120 valence electrons. The molecule has 23 heavy (non-hydrogen) atoms. The Hall–Kier alpha value is -2.00. The standard InChI is InChI=1S/C14H11BrFN3O3S/c1-7-3-8(9(15)4-10(7)16)6-17-19-14-18-13(21)11(23-14)5-12(20)22-2/h3-6H,1-2H3,(H,18,19,21)/b11-5+,17-6?. The van der Waals surface area contributed by atoms with Gasteiger partial charge in [0.2, 0.25) is 0 Å². The number of carbonyl (C=O) groups is 2. The van der Waals surface area contributed by atoms with Crippen LogP contribution in [0.3, 0.4) is 0 Å². The molecule has 6 nitrogen and oxygen atoms in total. The van der Waals surface area contributed by atoms with Gasteiger partial charge in [-0.1, -0.05) is 15.9 Å². The zero-order chi connectivity index (χ0) is 17.0. The molecule has 0 spiro atoms. The zero-order valence-corrected chi connectivity index (χ0v) is 14.5. The van der Waals surface area contributed by atoms with E-state index in [1.54, 1.807) is 13.0 Å². The molecule has 1 aromatic carbocycles. The molecule has 9 heteroatoms. The lowest BCUT2D eigenvalue weighted by Gasteiger charge is -2.01. The number of methoxy groups -OCH3 is 1. The number of rotatable bonds is 3. The minimum atomic E-state index is -0.627. The van der Waals surface area contributed by atoms with Crippen LogP contribution < -0.4 is 5.32 Å². The Labute approximate surface area is 144 Å². The van der Waals surface area contributed by atoms with Crippen LogP contribution in [0.4, 0.5) is 4.39 Å². The van der Waals surface area contributed by atoms with Crippen LogP contribution >= 0.6 is 27.7 Å². The Kier molecular flexibility index (Phi) is 5.67. The Morgan fingerprint density at radius 2 is 2.22 bits per heavy atom. The van der Waals surface area contributed by atoms with Crippen molar-refractivity contribution >= 4 is 51.0 Å². The highest BCUT2D eigenvalue weighted by atomic mass is 79.9. The topological polar surface area (TPSA) is 80.1 Å².